The molecule has 0 unspecified atom stereocenters. The number of amides is 1. The average molecular weight is 278 g/mol. The van der Waals surface area contributed by atoms with E-state index in [0.717, 1.165) is 0 Å². The number of alkyl halides is 2. The summed E-state index contributed by atoms with van der Waals surface area (Å²) >= 11 is 0.538. The Kier molecular flexibility index (Phi) is 6.74. The van der Waals surface area contributed by atoms with Crippen LogP contribution >= 0.6 is 11.8 Å². The summed E-state index contributed by atoms with van der Waals surface area (Å²) in [6.45, 7) is 3.14. The fourth-order valence-corrected chi connectivity index (χ4v) is 1.72. The molecule has 0 saturated heterocycles. The summed E-state index contributed by atoms with van der Waals surface area (Å²) in [5.41, 5.74) is 0. The van der Waals surface area contributed by atoms with Crippen molar-refractivity contribution in [1.82, 2.24) is 10.6 Å². The number of nitrogens with one attached hydrogen (secondary N) is 2. The van der Waals surface area contributed by atoms with E-state index in [1.807, 2.05) is 0 Å². The van der Waals surface area contributed by atoms with E-state index in [1.165, 1.54) is 6.92 Å². The van der Waals surface area contributed by atoms with Gasteiger partial charge in [0.25, 0.3) is 5.76 Å². The smallest absolute Gasteiger partial charge is 0.284 e. The van der Waals surface area contributed by atoms with E-state index < -0.39 is 5.76 Å². The van der Waals surface area contributed by atoms with Gasteiger partial charge in [0, 0.05) is 20.0 Å². The summed E-state index contributed by atoms with van der Waals surface area (Å²) in [6, 6.07) is 3.45. The third kappa shape index (κ3) is 6.61. The zero-order chi connectivity index (χ0) is 13.4. The number of hydrogen-bond donors (Lipinski definition) is 2. The van der Waals surface area contributed by atoms with Crippen LogP contribution in [0.15, 0.2) is 16.5 Å². The van der Waals surface area contributed by atoms with Crippen molar-refractivity contribution in [3.63, 3.8) is 0 Å². The van der Waals surface area contributed by atoms with Crippen LogP contribution in [0.2, 0.25) is 0 Å². The predicted molar refractivity (Wildman–Crippen MR) is 66.4 cm³/mol. The molecule has 102 valence electrons. The normalized spacial score (nSPS) is 10.9. The maximum Gasteiger partial charge on any atom is 0.284 e. The molecule has 0 aliphatic rings. The van der Waals surface area contributed by atoms with E-state index in [9.17, 15) is 13.6 Å². The molecule has 4 nitrogen and oxygen atoms in total. The number of rotatable bonds is 8. The van der Waals surface area contributed by atoms with Crippen LogP contribution in [0.25, 0.3) is 0 Å². The van der Waals surface area contributed by atoms with Gasteiger partial charge in [-0.15, -0.1) is 0 Å². The lowest BCUT2D eigenvalue weighted by molar-refractivity contribution is -0.118. The third-order valence-electron chi connectivity index (χ3n) is 2.04. The Bertz CT molecular complexity index is 372. The molecule has 1 heterocycles. The van der Waals surface area contributed by atoms with Crippen molar-refractivity contribution in [2.45, 2.75) is 25.0 Å². The largest absolute Gasteiger partial charge is 0.464 e. The number of thioether (sulfide) groups is 1. The van der Waals surface area contributed by atoms with Gasteiger partial charge in [0.05, 0.1) is 12.3 Å². The van der Waals surface area contributed by atoms with E-state index in [2.05, 4.69) is 10.6 Å². The first kappa shape index (κ1) is 15.0. The Morgan fingerprint density at radius 3 is 2.78 bits per heavy atom. The highest BCUT2D eigenvalue weighted by Gasteiger charge is 2.07. The fourth-order valence-electron chi connectivity index (χ4n) is 1.28. The first-order valence-corrected chi connectivity index (χ1v) is 6.55. The van der Waals surface area contributed by atoms with Gasteiger partial charge in [-0.2, -0.15) is 8.78 Å². The average Bonchev–Trinajstić information content (AvgIpc) is 2.73. The molecule has 1 rings (SSSR count). The number of hydrogen-bond acceptors (Lipinski definition) is 4. The first-order valence-electron chi connectivity index (χ1n) is 5.50. The standard InChI is InChI=1S/C11H16F2N2O2S/c1-8(16)15-5-4-14-6-9-2-3-10(17-9)7-18-11(12)13/h2-3,11,14H,4-7H2,1H3,(H,15,16). The van der Waals surface area contributed by atoms with Crippen LogP contribution in [-0.4, -0.2) is 24.8 Å². The first-order chi connectivity index (χ1) is 8.58. The highest BCUT2D eigenvalue weighted by atomic mass is 32.2. The molecular weight excluding hydrogens is 262 g/mol. The predicted octanol–water partition coefficient (Wildman–Crippen LogP) is 1.96. The van der Waals surface area contributed by atoms with Gasteiger partial charge in [0.1, 0.15) is 11.5 Å². The molecular formula is C11H16F2N2O2S. The number of carbonyl (C=O) groups excluding carboxylic acids is 1. The molecule has 1 aromatic heterocycles. The summed E-state index contributed by atoms with van der Waals surface area (Å²) in [7, 11) is 0. The molecule has 0 fully saturated rings. The molecule has 0 spiro atoms. The van der Waals surface area contributed by atoms with E-state index in [1.54, 1.807) is 12.1 Å². The van der Waals surface area contributed by atoms with Crippen LogP contribution in [0.1, 0.15) is 18.4 Å². The topological polar surface area (TPSA) is 54.3 Å². The van der Waals surface area contributed by atoms with Gasteiger partial charge in [0.15, 0.2) is 0 Å². The van der Waals surface area contributed by atoms with Crippen LogP contribution < -0.4 is 10.6 Å². The SMILES string of the molecule is CC(=O)NCCNCc1ccc(CSC(F)F)o1. The van der Waals surface area contributed by atoms with Crippen molar-refractivity contribution in [2.24, 2.45) is 0 Å². The summed E-state index contributed by atoms with van der Waals surface area (Å²) in [4.78, 5) is 10.6. The van der Waals surface area contributed by atoms with Crippen LogP contribution in [-0.2, 0) is 17.1 Å². The molecule has 0 aliphatic heterocycles. The Balaban J connectivity index is 2.17. The summed E-state index contributed by atoms with van der Waals surface area (Å²) in [5.74, 6) is -1.04. The minimum absolute atomic E-state index is 0.0684. The van der Waals surface area contributed by atoms with Crippen LogP contribution in [0.4, 0.5) is 8.78 Å². The second kappa shape index (κ2) is 8.10. The second-order valence-electron chi connectivity index (χ2n) is 3.60. The van der Waals surface area contributed by atoms with Crippen LogP contribution in [0, 0.1) is 0 Å². The maximum atomic E-state index is 12.0. The van der Waals surface area contributed by atoms with E-state index in [4.69, 9.17) is 4.42 Å². The van der Waals surface area contributed by atoms with Crippen molar-refractivity contribution in [2.75, 3.05) is 13.1 Å². The van der Waals surface area contributed by atoms with Crippen molar-refractivity contribution in [1.29, 1.82) is 0 Å². The number of furan rings is 1. The molecule has 0 atom stereocenters. The van der Waals surface area contributed by atoms with Crippen LogP contribution in [0.3, 0.4) is 0 Å². The molecule has 0 radical (unpaired) electrons. The van der Waals surface area contributed by atoms with E-state index in [0.29, 0.717) is 42.9 Å². The van der Waals surface area contributed by atoms with Crippen molar-refractivity contribution >= 4 is 17.7 Å². The summed E-state index contributed by atoms with van der Waals surface area (Å²) in [5, 5.41) is 5.72. The van der Waals surface area contributed by atoms with Crippen LogP contribution in [0.5, 0.6) is 0 Å². The van der Waals surface area contributed by atoms with Gasteiger partial charge in [-0.3, -0.25) is 4.79 Å². The van der Waals surface area contributed by atoms with Crippen molar-refractivity contribution < 1.29 is 18.0 Å². The van der Waals surface area contributed by atoms with Crippen molar-refractivity contribution in [3.05, 3.63) is 23.7 Å². The minimum Gasteiger partial charge on any atom is -0.464 e. The highest BCUT2D eigenvalue weighted by Crippen LogP contribution is 2.21. The highest BCUT2D eigenvalue weighted by molar-refractivity contribution is 7.98. The molecule has 0 saturated carbocycles. The Morgan fingerprint density at radius 1 is 1.39 bits per heavy atom. The van der Waals surface area contributed by atoms with Gasteiger partial charge >= 0.3 is 0 Å². The fraction of sp³-hybridized carbons (Fsp3) is 0.545. The molecule has 18 heavy (non-hydrogen) atoms. The molecule has 2 N–H and O–H groups in total. The molecule has 7 heteroatoms. The van der Waals surface area contributed by atoms with E-state index >= 15 is 0 Å². The Hall–Kier alpha value is -1.08. The zero-order valence-electron chi connectivity index (χ0n) is 10.0. The molecule has 0 aromatic carbocycles. The monoisotopic (exact) mass is 278 g/mol. The number of carbonyl (C=O) groups is 1. The molecule has 0 aliphatic carbocycles. The Labute approximate surface area is 108 Å². The van der Waals surface area contributed by atoms with Gasteiger partial charge in [-0.05, 0) is 12.1 Å². The van der Waals surface area contributed by atoms with Gasteiger partial charge < -0.3 is 15.1 Å². The lowest BCUT2D eigenvalue weighted by atomic mass is 10.4. The second-order valence-corrected chi connectivity index (χ2v) is 4.58. The van der Waals surface area contributed by atoms with Gasteiger partial charge in [-0.1, -0.05) is 11.8 Å². The molecule has 1 amide bonds. The summed E-state index contributed by atoms with van der Waals surface area (Å²) in [6.07, 6.45) is 0. The third-order valence-corrected chi connectivity index (χ3v) is 2.75. The quantitative estimate of drug-likeness (QED) is 0.714. The molecule has 0 bridgehead atoms. The van der Waals surface area contributed by atoms with Crippen molar-refractivity contribution in [3.8, 4) is 0 Å². The summed E-state index contributed by atoms with van der Waals surface area (Å²) < 4.78 is 29.3. The lowest BCUT2D eigenvalue weighted by Crippen LogP contribution is -2.29. The maximum absolute atomic E-state index is 12.0. The van der Waals surface area contributed by atoms with Gasteiger partial charge in [0.2, 0.25) is 5.91 Å². The Morgan fingerprint density at radius 2 is 2.11 bits per heavy atom. The number of halogens is 2. The van der Waals surface area contributed by atoms with E-state index in [-0.39, 0.29) is 11.7 Å². The zero-order valence-corrected chi connectivity index (χ0v) is 10.9. The lowest BCUT2D eigenvalue weighted by Gasteiger charge is -2.03. The molecule has 1 aromatic rings. The minimum atomic E-state index is -2.38. The van der Waals surface area contributed by atoms with Gasteiger partial charge in [-0.25, -0.2) is 0 Å².